The van der Waals surface area contributed by atoms with E-state index in [0.29, 0.717) is 35.1 Å². The molecule has 0 unspecified atom stereocenters. The van der Waals surface area contributed by atoms with Gasteiger partial charge in [0.2, 0.25) is 5.91 Å². The quantitative estimate of drug-likeness (QED) is 0.279. The van der Waals surface area contributed by atoms with Crippen LogP contribution in [-0.2, 0) is 4.79 Å². The summed E-state index contributed by atoms with van der Waals surface area (Å²) in [5, 5.41) is 25.7. The van der Waals surface area contributed by atoms with Crippen LogP contribution in [0, 0.1) is 15.3 Å². The number of rotatable bonds is 5. The number of ether oxygens (including phenoxy) is 2. The fourth-order valence-corrected chi connectivity index (χ4v) is 3.01. The maximum absolute atomic E-state index is 12.2. The van der Waals surface area contributed by atoms with E-state index in [1.165, 1.54) is 18.3 Å². The number of carbonyl (C=O) groups is 1. The summed E-state index contributed by atoms with van der Waals surface area (Å²) in [5.41, 5.74) is -0.265. The van der Waals surface area contributed by atoms with Crippen molar-refractivity contribution in [3.63, 3.8) is 0 Å². The first-order valence-electron chi connectivity index (χ1n) is 7.73. The Hall–Kier alpha value is -3.01. The maximum atomic E-state index is 12.2. The molecule has 0 spiro atoms. The van der Waals surface area contributed by atoms with Gasteiger partial charge in [-0.3, -0.25) is 14.9 Å². The zero-order valence-electron chi connectivity index (χ0n) is 13.5. The van der Waals surface area contributed by atoms with Crippen LogP contribution in [0.5, 0.6) is 11.5 Å². The summed E-state index contributed by atoms with van der Waals surface area (Å²) in [7, 11) is 0. The van der Waals surface area contributed by atoms with E-state index < -0.39 is 10.8 Å². The number of nitro groups is 1. The normalized spacial score (nSPS) is 12.9. The van der Waals surface area contributed by atoms with Crippen molar-refractivity contribution >= 4 is 29.0 Å². The van der Waals surface area contributed by atoms with Gasteiger partial charge in [0, 0.05) is 24.6 Å². The molecule has 0 fully saturated rings. The van der Waals surface area contributed by atoms with Gasteiger partial charge in [-0.05, 0) is 17.8 Å². The van der Waals surface area contributed by atoms with Gasteiger partial charge < -0.3 is 20.0 Å². The molecule has 1 aliphatic rings. The molecule has 0 saturated heterocycles. The lowest BCUT2D eigenvalue weighted by atomic mass is 10.2. The molecule has 0 atom stereocenters. The molecule has 10 heteroatoms. The van der Waals surface area contributed by atoms with E-state index in [9.17, 15) is 20.1 Å². The van der Waals surface area contributed by atoms with Gasteiger partial charge in [0.05, 0.1) is 30.0 Å². The van der Waals surface area contributed by atoms with E-state index in [-0.39, 0.29) is 22.9 Å². The molecule has 1 N–H and O–H groups in total. The molecule has 0 saturated carbocycles. The molecular weight excluding hydrogens is 362 g/mol. The second kappa shape index (κ2) is 7.91. The summed E-state index contributed by atoms with van der Waals surface area (Å²) in [6.45, 7) is 0.824. The third-order valence-corrected chi connectivity index (χ3v) is 4.49. The number of aromatic nitrogens is 1. The van der Waals surface area contributed by atoms with Gasteiger partial charge in [-0.15, -0.1) is 0 Å². The van der Waals surface area contributed by atoms with Gasteiger partial charge in [0.15, 0.2) is 17.7 Å². The van der Waals surface area contributed by atoms with E-state index in [4.69, 9.17) is 9.47 Å². The first-order chi connectivity index (χ1) is 12.5. The topological polar surface area (TPSA) is 118 Å². The Balaban J connectivity index is 1.75. The molecule has 1 aromatic heterocycles. The van der Waals surface area contributed by atoms with Crippen molar-refractivity contribution < 1.29 is 23.9 Å². The highest BCUT2D eigenvalue weighted by molar-refractivity contribution is 7.99. The molecule has 26 heavy (non-hydrogen) atoms. The SMILES string of the molecule is O=C(CSc1cccc[n+]1[O-])Nc1cc2c(cc1[N+](=O)[O-])OCCCO2. The third-order valence-electron chi connectivity index (χ3n) is 3.48. The summed E-state index contributed by atoms with van der Waals surface area (Å²) in [4.78, 5) is 22.9. The number of pyridine rings is 1. The zero-order valence-corrected chi connectivity index (χ0v) is 14.4. The smallest absolute Gasteiger partial charge is 0.296 e. The molecule has 1 aromatic carbocycles. The summed E-state index contributed by atoms with van der Waals surface area (Å²) in [6.07, 6.45) is 1.99. The minimum absolute atomic E-state index is 0.0212. The van der Waals surface area contributed by atoms with E-state index in [1.807, 2.05) is 0 Å². The lowest BCUT2D eigenvalue weighted by Crippen LogP contribution is -2.28. The van der Waals surface area contributed by atoms with Crippen molar-refractivity contribution in [3.8, 4) is 11.5 Å². The van der Waals surface area contributed by atoms with Crippen LogP contribution in [0.25, 0.3) is 0 Å². The zero-order chi connectivity index (χ0) is 18.5. The largest absolute Gasteiger partial charge is 0.618 e. The number of hydrogen-bond acceptors (Lipinski definition) is 7. The molecule has 1 aliphatic heterocycles. The molecule has 2 heterocycles. The van der Waals surface area contributed by atoms with E-state index in [1.54, 1.807) is 18.2 Å². The minimum Gasteiger partial charge on any atom is -0.618 e. The molecule has 3 rings (SSSR count). The lowest BCUT2D eigenvalue weighted by Gasteiger charge is -2.11. The number of anilines is 1. The van der Waals surface area contributed by atoms with E-state index in [0.717, 1.165) is 11.8 Å². The monoisotopic (exact) mass is 377 g/mol. The van der Waals surface area contributed by atoms with Crippen LogP contribution < -0.4 is 19.5 Å². The van der Waals surface area contributed by atoms with Gasteiger partial charge in [0.25, 0.3) is 10.7 Å². The van der Waals surface area contributed by atoms with Crippen LogP contribution in [0.4, 0.5) is 11.4 Å². The Morgan fingerprint density at radius 3 is 2.69 bits per heavy atom. The van der Waals surface area contributed by atoms with Gasteiger partial charge in [-0.1, -0.05) is 0 Å². The number of nitrogens with one attached hydrogen (secondary N) is 1. The van der Waals surface area contributed by atoms with Gasteiger partial charge in [0.1, 0.15) is 5.69 Å². The van der Waals surface area contributed by atoms with E-state index >= 15 is 0 Å². The fraction of sp³-hybridized carbons (Fsp3) is 0.250. The number of carbonyl (C=O) groups excluding carboxylic acids is 1. The summed E-state index contributed by atoms with van der Waals surface area (Å²) in [5.74, 6) is 0.0731. The number of nitrogens with zero attached hydrogens (tertiary/aromatic N) is 2. The average molecular weight is 377 g/mol. The van der Waals surface area contributed by atoms with E-state index in [2.05, 4.69) is 5.32 Å². The molecule has 0 radical (unpaired) electrons. The van der Waals surface area contributed by atoms with Crippen molar-refractivity contribution in [3.05, 3.63) is 51.9 Å². The first kappa shape index (κ1) is 17.8. The lowest BCUT2D eigenvalue weighted by molar-refractivity contribution is -0.645. The molecule has 9 nitrogen and oxygen atoms in total. The highest BCUT2D eigenvalue weighted by atomic mass is 32.2. The predicted octanol–water partition coefficient (Wildman–Crippen LogP) is 2.12. The number of thioether (sulfide) groups is 1. The maximum Gasteiger partial charge on any atom is 0.296 e. The highest BCUT2D eigenvalue weighted by Crippen LogP contribution is 2.39. The second-order valence-corrected chi connectivity index (χ2v) is 6.32. The molecule has 1 amide bonds. The third kappa shape index (κ3) is 4.14. The highest BCUT2D eigenvalue weighted by Gasteiger charge is 2.23. The Kier molecular flexibility index (Phi) is 5.42. The number of fused-ring (bicyclic) bond motifs is 1. The van der Waals surface area contributed by atoms with Gasteiger partial charge >= 0.3 is 0 Å². The standard InChI is InChI=1S/C16H15N3O6S/c20-15(10-26-16-4-1-2-5-18(16)21)17-11-8-13-14(9-12(11)19(22)23)25-7-3-6-24-13/h1-2,4-5,8-9H,3,6-7,10H2,(H,17,20). The van der Waals surface area contributed by atoms with Crippen LogP contribution in [0.2, 0.25) is 0 Å². The molecule has 136 valence electrons. The number of benzene rings is 1. The first-order valence-corrected chi connectivity index (χ1v) is 8.72. The van der Waals surface area contributed by atoms with Crippen LogP contribution in [0.3, 0.4) is 0 Å². The summed E-state index contributed by atoms with van der Waals surface area (Å²) < 4.78 is 11.6. The number of hydrogen-bond donors (Lipinski definition) is 1. The van der Waals surface area contributed by atoms with Crippen molar-refractivity contribution in [1.29, 1.82) is 0 Å². The van der Waals surface area contributed by atoms with Crippen LogP contribution in [-0.4, -0.2) is 29.8 Å². The Morgan fingerprint density at radius 1 is 1.27 bits per heavy atom. The Labute approximate surface area is 152 Å². The van der Waals surface area contributed by atoms with Crippen LogP contribution in [0.1, 0.15) is 6.42 Å². The van der Waals surface area contributed by atoms with Crippen molar-refractivity contribution in [2.75, 3.05) is 24.3 Å². The van der Waals surface area contributed by atoms with Crippen LogP contribution in [0.15, 0.2) is 41.6 Å². The Bertz CT molecular complexity index is 845. The fourth-order valence-electron chi connectivity index (χ4n) is 2.30. The van der Waals surface area contributed by atoms with Crippen molar-refractivity contribution in [2.45, 2.75) is 11.4 Å². The minimum atomic E-state index is -0.597. The average Bonchev–Trinajstić information content (AvgIpc) is 2.85. The molecule has 0 aliphatic carbocycles. The molecule has 2 aromatic rings. The Morgan fingerprint density at radius 2 is 2.00 bits per heavy atom. The number of amides is 1. The summed E-state index contributed by atoms with van der Waals surface area (Å²) >= 11 is 1.03. The second-order valence-electron chi connectivity index (χ2n) is 5.33. The summed E-state index contributed by atoms with van der Waals surface area (Å²) in [6, 6.07) is 7.48. The predicted molar refractivity (Wildman–Crippen MR) is 93.5 cm³/mol. The van der Waals surface area contributed by atoms with Gasteiger partial charge in [-0.2, -0.15) is 4.73 Å². The van der Waals surface area contributed by atoms with Crippen molar-refractivity contribution in [1.82, 2.24) is 0 Å². The van der Waals surface area contributed by atoms with Crippen molar-refractivity contribution in [2.24, 2.45) is 0 Å². The number of nitro benzene ring substituents is 1. The molecular formula is C16H15N3O6S. The van der Waals surface area contributed by atoms with Gasteiger partial charge in [-0.25, -0.2) is 0 Å². The van der Waals surface area contributed by atoms with Crippen LogP contribution >= 0.6 is 11.8 Å². The molecule has 0 bridgehead atoms.